The van der Waals surface area contributed by atoms with Crippen molar-refractivity contribution >= 4 is 61.4 Å². The Bertz CT molecular complexity index is 2450. The number of hydrogen-bond donors (Lipinski definition) is 1. The van der Waals surface area contributed by atoms with E-state index in [1.54, 1.807) is 0 Å². The molecule has 0 amide bonds. The molecule has 0 unspecified atom stereocenters. The molecule has 1 heterocycles. The molecule has 1 aromatic heterocycles. The molecule has 4 nitrogen and oxygen atoms in total. The van der Waals surface area contributed by atoms with Crippen molar-refractivity contribution in [2.75, 3.05) is 0 Å². The van der Waals surface area contributed by atoms with Crippen LogP contribution in [0.3, 0.4) is 0 Å². The molecule has 4 heteroatoms. The van der Waals surface area contributed by atoms with E-state index in [1.807, 2.05) is 72.9 Å². The molecule has 212 valence electrons. The minimum Gasteiger partial charge on any atom is -0.456 e. The smallest absolute Gasteiger partial charge is 0.161 e. The Labute approximate surface area is 260 Å². The summed E-state index contributed by atoms with van der Waals surface area (Å²) in [7, 11) is 0. The van der Waals surface area contributed by atoms with Crippen molar-refractivity contribution in [3.63, 3.8) is 0 Å². The Balaban J connectivity index is 1.29. The van der Waals surface area contributed by atoms with Crippen LogP contribution in [0.4, 0.5) is 0 Å². The molecule has 0 aliphatic carbocycles. The number of fused-ring (bicyclic) bond motifs is 5. The summed E-state index contributed by atoms with van der Waals surface area (Å²) < 4.78 is 6.10. The van der Waals surface area contributed by atoms with Crippen LogP contribution in [0.5, 0.6) is 0 Å². The van der Waals surface area contributed by atoms with Crippen LogP contribution in [0.15, 0.2) is 166 Å². The van der Waals surface area contributed by atoms with Gasteiger partial charge in [0.05, 0.1) is 0 Å². The Hall–Kier alpha value is -6.13. The minimum absolute atomic E-state index is 0.120. The number of rotatable bonds is 4. The van der Waals surface area contributed by atoms with Gasteiger partial charge >= 0.3 is 0 Å². The molecule has 7 aromatic carbocycles. The molecular formula is C41H27N3O. The molecule has 0 saturated heterocycles. The van der Waals surface area contributed by atoms with E-state index in [1.165, 1.54) is 5.39 Å². The van der Waals surface area contributed by atoms with Crippen LogP contribution < -0.4 is 0 Å². The molecule has 0 bridgehead atoms. The molecule has 0 aliphatic heterocycles. The number of hydrogen-bond acceptors (Lipinski definition) is 2. The van der Waals surface area contributed by atoms with Gasteiger partial charge in [0, 0.05) is 28.1 Å². The predicted molar refractivity (Wildman–Crippen MR) is 188 cm³/mol. The zero-order valence-electron chi connectivity index (χ0n) is 24.3. The molecule has 45 heavy (non-hydrogen) atoms. The number of amidine groups is 2. The van der Waals surface area contributed by atoms with E-state index < -0.39 is 0 Å². The first-order valence-corrected chi connectivity index (χ1v) is 14.9. The maximum atomic E-state index is 9.23. The zero-order chi connectivity index (χ0) is 30.2. The third-order valence-corrected chi connectivity index (χ3v) is 8.21. The second kappa shape index (κ2) is 11.2. The second-order valence-electron chi connectivity index (χ2n) is 11.0. The topological polar surface area (TPSA) is 61.7 Å². The SMILES string of the molecule is N=C(/N=C(\N=C\c1ccc2ccccc2c1)c1ccc2cccc(-c3ccccc3)c2c1)c1cccc2oc3ccccc3c12. The van der Waals surface area contributed by atoms with Crippen LogP contribution in [-0.4, -0.2) is 17.9 Å². The highest BCUT2D eigenvalue weighted by atomic mass is 16.3. The van der Waals surface area contributed by atoms with Gasteiger partial charge in [-0.2, -0.15) is 0 Å². The van der Waals surface area contributed by atoms with Crippen molar-refractivity contribution in [3.8, 4) is 11.1 Å². The number of para-hydroxylation sites is 1. The van der Waals surface area contributed by atoms with Crippen LogP contribution in [0.1, 0.15) is 16.7 Å². The van der Waals surface area contributed by atoms with Crippen molar-refractivity contribution in [3.05, 3.63) is 168 Å². The van der Waals surface area contributed by atoms with Crippen molar-refractivity contribution in [1.29, 1.82) is 5.41 Å². The fraction of sp³-hybridized carbons (Fsp3) is 0. The second-order valence-corrected chi connectivity index (χ2v) is 11.0. The van der Waals surface area contributed by atoms with Crippen molar-refractivity contribution in [1.82, 2.24) is 0 Å². The maximum absolute atomic E-state index is 9.23. The highest BCUT2D eigenvalue weighted by molar-refractivity contribution is 6.21. The molecule has 0 radical (unpaired) electrons. The molecule has 0 spiro atoms. The first-order valence-electron chi connectivity index (χ1n) is 14.9. The van der Waals surface area contributed by atoms with Crippen LogP contribution >= 0.6 is 0 Å². The Morgan fingerprint density at radius 3 is 2.22 bits per heavy atom. The number of benzene rings is 7. The van der Waals surface area contributed by atoms with Gasteiger partial charge in [-0.25, -0.2) is 9.98 Å². The summed E-state index contributed by atoms with van der Waals surface area (Å²) in [5.41, 5.74) is 6.28. The molecule has 0 fully saturated rings. The van der Waals surface area contributed by atoms with Crippen LogP contribution in [0.2, 0.25) is 0 Å². The van der Waals surface area contributed by atoms with E-state index in [4.69, 9.17) is 14.4 Å². The summed E-state index contributed by atoms with van der Waals surface area (Å²) in [4.78, 5) is 9.84. The van der Waals surface area contributed by atoms with Gasteiger partial charge in [-0.05, 0) is 62.5 Å². The van der Waals surface area contributed by atoms with Crippen molar-refractivity contribution in [2.24, 2.45) is 9.98 Å². The van der Waals surface area contributed by atoms with Gasteiger partial charge in [-0.3, -0.25) is 5.41 Å². The maximum Gasteiger partial charge on any atom is 0.161 e. The zero-order valence-corrected chi connectivity index (χ0v) is 24.3. The lowest BCUT2D eigenvalue weighted by Gasteiger charge is -2.10. The average molecular weight is 578 g/mol. The molecule has 0 atom stereocenters. The van der Waals surface area contributed by atoms with E-state index in [0.29, 0.717) is 11.4 Å². The summed E-state index contributed by atoms with van der Waals surface area (Å²) in [5.74, 6) is 0.581. The summed E-state index contributed by atoms with van der Waals surface area (Å²) >= 11 is 0. The summed E-state index contributed by atoms with van der Waals surface area (Å²) in [6.07, 6.45) is 1.83. The Morgan fingerprint density at radius 1 is 0.578 bits per heavy atom. The predicted octanol–water partition coefficient (Wildman–Crippen LogP) is 10.5. The normalized spacial score (nSPS) is 12.1. The highest BCUT2D eigenvalue weighted by Gasteiger charge is 2.15. The first-order chi connectivity index (χ1) is 22.2. The van der Waals surface area contributed by atoms with Gasteiger partial charge in [0.2, 0.25) is 0 Å². The van der Waals surface area contributed by atoms with Gasteiger partial charge in [0.15, 0.2) is 11.7 Å². The molecular weight excluding hydrogens is 550 g/mol. The van der Waals surface area contributed by atoms with E-state index in [2.05, 4.69) is 84.9 Å². The fourth-order valence-corrected chi connectivity index (χ4v) is 6.01. The monoisotopic (exact) mass is 577 g/mol. The van der Waals surface area contributed by atoms with E-state index in [9.17, 15) is 5.41 Å². The van der Waals surface area contributed by atoms with Gasteiger partial charge in [0.25, 0.3) is 0 Å². The lowest BCUT2D eigenvalue weighted by atomic mass is 9.96. The minimum atomic E-state index is 0.120. The lowest BCUT2D eigenvalue weighted by molar-refractivity contribution is 0.669. The summed E-state index contributed by atoms with van der Waals surface area (Å²) in [6, 6.07) is 51.2. The Kier molecular flexibility index (Phi) is 6.58. The van der Waals surface area contributed by atoms with Gasteiger partial charge in [-0.1, -0.05) is 127 Å². The van der Waals surface area contributed by atoms with Crippen LogP contribution in [0.25, 0.3) is 54.6 Å². The quantitative estimate of drug-likeness (QED) is 0.164. The number of nitrogens with one attached hydrogen (secondary N) is 1. The number of furan rings is 1. The molecule has 8 aromatic rings. The van der Waals surface area contributed by atoms with Gasteiger partial charge in [0.1, 0.15) is 11.2 Å². The number of aliphatic imine (C=N–C) groups is 2. The Morgan fingerprint density at radius 2 is 1.31 bits per heavy atom. The largest absolute Gasteiger partial charge is 0.456 e. The van der Waals surface area contributed by atoms with Gasteiger partial charge < -0.3 is 4.42 Å². The third-order valence-electron chi connectivity index (χ3n) is 8.21. The van der Waals surface area contributed by atoms with Crippen LogP contribution in [0, 0.1) is 5.41 Å². The molecule has 0 saturated carbocycles. The first kappa shape index (κ1) is 26.5. The van der Waals surface area contributed by atoms with E-state index in [-0.39, 0.29) is 5.84 Å². The molecule has 0 aliphatic rings. The molecule has 1 N–H and O–H groups in total. The highest BCUT2D eigenvalue weighted by Crippen LogP contribution is 2.32. The van der Waals surface area contributed by atoms with Gasteiger partial charge in [-0.15, -0.1) is 0 Å². The van der Waals surface area contributed by atoms with Crippen molar-refractivity contribution < 1.29 is 4.42 Å². The lowest BCUT2D eigenvalue weighted by Crippen LogP contribution is -2.05. The van der Waals surface area contributed by atoms with Crippen LogP contribution in [-0.2, 0) is 0 Å². The standard InChI is InChI=1S/C41H27N3O/c42-40(35-17-9-19-38-39(35)34-15-6-7-18-37(34)45-38)44-41(43-26-27-20-21-28-10-4-5-13-31(28)24-27)32-23-22-30-14-8-16-33(36(30)25-32)29-11-2-1-3-12-29/h1-26,42H/b42-40?,43-26+,44-41-. The molecule has 8 rings (SSSR count). The number of nitrogens with zero attached hydrogens (tertiary/aromatic N) is 2. The van der Waals surface area contributed by atoms with E-state index >= 15 is 0 Å². The fourth-order valence-electron chi connectivity index (χ4n) is 6.01. The summed E-state index contributed by atoms with van der Waals surface area (Å²) in [5, 5.41) is 15.6. The summed E-state index contributed by atoms with van der Waals surface area (Å²) in [6.45, 7) is 0. The average Bonchev–Trinajstić information content (AvgIpc) is 3.49. The van der Waals surface area contributed by atoms with E-state index in [0.717, 1.165) is 60.4 Å². The van der Waals surface area contributed by atoms with Crippen molar-refractivity contribution in [2.45, 2.75) is 0 Å². The third kappa shape index (κ3) is 4.98.